The van der Waals surface area contributed by atoms with Crippen molar-refractivity contribution in [1.29, 1.82) is 0 Å². The minimum Gasteiger partial charge on any atom is -0.452 e. The molecule has 4 N–H and O–H groups in total. The third-order valence-corrected chi connectivity index (χ3v) is 6.01. The largest absolute Gasteiger partial charge is 0.452 e. The summed E-state index contributed by atoms with van der Waals surface area (Å²) in [6.07, 6.45) is 0.722. The monoisotopic (exact) mass is 482 g/mol. The Balaban J connectivity index is 2.59. The highest BCUT2D eigenvalue weighted by Crippen LogP contribution is 2.26. The summed E-state index contributed by atoms with van der Waals surface area (Å²) in [4.78, 5) is 49.9. The number of urea groups is 1. The van der Waals surface area contributed by atoms with Crippen molar-refractivity contribution in [3.8, 4) is 0 Å². The van der Waals surface area contributed by atoms with Crippen molar-refractivity contribution in [3.05, 3.63) is 24.3 Å². The zero-order valence-corrected chi connectivity index (χ0v) is 20.4. The van der Waals surface area contributed by atoms with Crippen molar-refractivity contribution in [3.63, 3.8) is 0 Å². The molecule has 11 heteroatoms. The molecule has 10 nitrogen and oxygen atoms in total. The number of benzene rings is 1. The molecule has 0 saturated carbocycles. The molecule has 0 saturated heterocycles. The van der Waals surface area contributed by atoms with E-state index < -0.39 is 29.9 Å². The number of nitrogens with one attached hydrogen (secondary N) is 1. The van der Waals surface area contributed by atoms with Crippen LogP contribution in [0.1, 0.15) is 39.5 Å². The third kappa shape index (κ3) is 10.1. The lowest BCUT2D eigenvalue weighted by atomic mass is 9.98. The summed E-state index contributed by atoms with van der Waals surface area (Å²) >= 11 is 1.45. The average Bonchev–Trinajstić information content (AvgIpc) is 2.80. The van der Waals surface area contributed by atoms with Gasteiger partial charge in [0, 0.05) is 36.3 Å². The lowest BCUT2D eigenvalue weighted by molar-refractivity contribution is -0.157. The van der Waals surface area contributed by atoms with Crippen LogP contribution in [-0.2, 0) is 14.3 Å². The van der Waals surface area contributed by atoms with Gasteiger partial charge in [-0.1, -0.05) is 20.3 Å². The molecule has 0 aliphatic carbocycles. The number of amides is 5. The summed E-state index contributed by atoms with van der Waals surface area (Å²) in [5.41, 5.74) is 6.34. The van der Waals surface area contributed by atoms with Crippen molar-refractivity contribution in [1.82, 2.24) is 15.3 Å². The fourth-order valence-corrected chi connectivity index (χ4v) is 3.79. The molecule has 0 heterocycles. The molecule has 1 rings (SSSR count). The lowest BCUT2D eigenvalue weighted by Gasteiger charge is -2.21. The van der Waals surface area contributed by atoms with Gasteiger partial charge in [-0.05, 0) is 43.0 Å². The van der Waals surface area contributed by atoms with Crippen LogP contribution in [-0.4, -0.2) is 65.6 Å². The molecule has 0 spiro atoms. The summed E-state index contributed by atoms with van der Waals surface area (Å²) in [5, 5.41) is 12.7. The Morgan fingerprint density at radius 2 is 1.79 bits per heavy atom. The van der Waals surface area contributed by atoms with Crippen molar-refractivity contribution in [2.75, 3.05) is 32.2 Å². The van der Waals surface area contributed by atoms with E-state index in [9.17, 15) is 24.4 Å². The molecule has 0 radical (unpaired) electrons. The minimum absolute atomic E-state index is 0.0134. The minimum atomic E-state index is -0.958. The van der Waals surface area contributed by atoms with Crippen molar-refractivity contribution in [2.45, 2.75) is 44.4 Å². The smallest absolute Gasteiger partial charge is 0.415 e. The summed E-state index contributed by atoms with van der Waals surface area (Å²) in [5.74, 6) is -0.947. The van der Waals surface area contributed by atoms with E-state index in [2.05, 4.69) is 10.1 Å². The number of hydrogen-bond donors (Lipinski definition) is 3. The van der Waals surface area contributed by atoms with Crippen LogP contribution in [0.15, 0.2) is 29.2 Å². The van der Waals surface area contributed by atoms with Crippen LogP contribution in [0.5, 0.6) is 0 Å². The molecule has 0 unspecified atom stereocenters. The van der Waals surface area contributed by atoms with Crippen LogP contribution in [0.4, 0.5) is 15.3 Å². The third-order valence-electron chi connectivity index (χ3n) is 4.84. The highest BCUT2D eigenvalue weighted by Gasteiger charge is 2.28. The molecule has 1 atom stereocenters. The maximum atomic E-state index is 12.8. The molecule has 1 aromatic carbocycles. The van der Waals surface area contributed by atoms with Crippen LogP contribution < -0.4 is 11.1 Å². The van der Waals surface area contributed by atoms with Gasteiger partial charge in [-0.2, -0.15) is 0 Å². The second kappa shape index (κ2) is 14.4. The second-order valence-electron chi connectivity index (χ2n) is 7.96. The molecule has 0 bridgehead atoms. The fraction of sp³-hybridized carbons (Fsp3) is 0.545. The van der Waals surface area contributed by atoms with Gasteiger partial charge in [0.25, 0.3) is 5.91 Å². The standard InChI is InChI=1S/C22H34N4O6S/c1-15(2)7-8-16(14-33-18-11-9-17(23)10-12-18)20(28)26(31)21(29)24-13-5-6-19(27)25(3)22(30)32-4/h9-12,15-16,31H,5-8,13-14,23H2,1-4H3,(H,24,29)/t16-/m1/s1. The molecular weight excluding hydrogens is 448 g/mol. The molecule has 0 aliphatic heterocycles. The van der Waals surface area contributed by atoms with E-state index in [-0.39, 0.29) is 24.4 Å². The number of nitrogen functional groups attached to an aromatic ring is 1. The van der Waals surface area contributed by atoms with E-state index in [0.717, 1.165) is 16.2 Å². The van der Waals surface area contributed by atoms with Crippen molar-refractivity contribution >= 4 is 41.4 Å². The van der Waals surface area contributed by atoms with Crippen LogP contribution in [0, 0.1) is 11.8 Å². The Kier molecular flexibility index (Phi) is 12.3. The fourth-order valence-electron chi connectivity index (χ4n) is 2.76. The summed E-state index contributed by atoms with van der Waals surface area (Å²) < 4.78 is 4.46. The quantitative estimate of drug-likeness (QED) is 0.143. The number of nitrogens with zero attached hydrogens (tertiary/aromatic N) is 2. The number of methoxy groups -OCH3 is 1. The Morgan fingerprint density at radius 3 is 2.36 bits per heavy atom. The van der Waals surface area contributed by atoms with Crippen molar-refractivity contribution < 1.29 is 29.1 Å². The maximum absolute atomic E-state index is 12.8. The number of nitrogens with two attached hydrogens (primary N) is 1. The van der Waals surface area contributed by atoms with Gasteiger partial charge < -0.3 is 15.8 Å². The van der Waals surface area contributed by atoms with E-state index >= 15 is 0 Å². The van der Waals surface area contributed by atoms with E-state index in [4.69, 9.17) is 5.73 Å². The van der Waals surface area contributed by atoms with E-state index in [0.29, 0.717) is 23.8 Å². The first-order valence-corrected chi connectivity index (χ1v) is 11.7. The predicted octanol–water partition coefficient (Wildman–Crippen LogP) is 3.35. The van der Waals surface area contributed by atoms with Crippen LogP contribution in [0.3, 0.4) is 0 Å². The van der Waals surface area contributed by atoms with Crippen molar-refractivity contribution in [2.24, 2.45) is 11.8 Å². The van der Waals surface area contributed by atoms with Gasteiger partial charge in [0.05, 0.1) is 13.0 Å². The predicted molar refractivity (Wildman–Crippen MR) is 126 cm³/mol. The van der Waals surface area contributed by atoms with E-state index in [1.807, 2.05) is 26.0 Å². The Morgan fingerprint density at radius 1 is 1.15 bits per heavy atom. The van der Waals surface area contributed by atoms with Gasteiger partial charge >= 0.3 is 12.1 Å². The number of ether oxygens (including phenoxy) is 1. The Bertz CT molecular complexity index is 803. The number of carbonyl (C=O) groups is 4. The van der Waals surface area contributed by atoms with Gasteiger partial charge in [-0.3, -0.25) is 19.7 Å². The highest BCUT2D eigenvalue weighted by molar-refractivity contribution is 7.99. The zero-order valence-electron chi connectivity index (χ0n) is 19.6. The SMILES string of the molecule is COC(=O)N(C)C(=O)CCCNC(=O)N(O)C(=O)[C@H](CCC(C)C)CSc1ccc(N)cc1. The topological polar surface area (TPSA) is 142 Å². The maximum Gasteiger partial charge on any atom is 0.415 e. The molecule has 0 fully saturated rings. The zero-order chi connectivity index (χ0) is 25.0. The number of imide groups is 2. The van der Waals surface area contributed by atoms with E-state index in [1.54, 1.807) is 12.1 Å². The van der Waals surface area contributed by atoms with Gasteiger partial charge in [0.15, 0.2) is 0 Å². The summed E-state index contributed by atoms with van der Waals surface area (Å²) in [7, 11) is 2.46. The van der Waals surface area contributed by atoms with Gasteiger partial charge in [0.1, 0.15) is 0 Å². The highest BCUT2D eigenvalue weighted by atomic mass is 32.2. The molecular formula is C22H34N4O6S. The number of carbonyl (C=O) groups excluding carboxylic acids is 4. The number of rotatable bonds is 11. The van der Waals surface area contributed by atoms with Crippen LogP contribution >= 0.6 is 11.8 Å². The van der Waals surface area contributed by atoms with Gasteiger partial charge in [-0.25, -0.2) is 9.59 Å². The first-order valence-electron chi connectivity index (χ1n) is 10.7. The summed E-state index contributed by atoms with van der Waals surface area (Å²) in [6, 6.07) is 6.29. The van der Waals surface area contributed by atoms with E-state index in [1.165, 1.54) is 25.9 Å². The normalized spacial score (nSPS) is 11.6. The second-order valence-corrected chi connectivity index (χ2v) is 9.05. The molecule has 33 heavy (non-hydrogen) atoms. The molecule has 5 amide bonds. The van der Waals surface area contributed by atoms with Crippen LogP contribution in [0.2, 0.25) is 0 Å². The number of hydrogen-bond acceptors (Lipinski definition) is 8. The van der Waals surface area contributed by atoms with Gasteiger partial charge in [-0.15, -0.1) is 16.8 Å². The number of hydroxylamine groups is 2. The Hall–Kier alpha value is -2.79. The molecule has 184 valence electrons. The van der Waals surface area contributed by atoms with Crippen LogP contribution in [0.25, 0.3) is 0 Å². The molecule has 1 aromatic rings. The number of anilines is 1. The average molecular weight is 483 g/mol. The molecule has 0 aromatic heterocycles. The first kappa shape index (κ1) is 28.2. The molecule has 0 aliphatic rings. The first-order chi connectivity index (χ1) is 15.6. The summed E-state index contributed by atoms with van der Waals surface area (Å²) in [6.45, 7) is 4.12. The Labute approximate surface area is 198 Å². The van der Waals surface area contributed by atoms with Gasteiger partial charge in [0.2, 0.25) is 5.91 Å². The number of thioether (sulfide) groups is 1. The lowest BCUT2D eigenvalue weighted by Crippen LogP contribution is -2.45.